The van der Waals surface area contributed by atoms with Gasteiger partial charge in [0.15, 0.2) is 5.11 Å². The van der Waals surface area contributed by atoms with Crippen LogP contribution in [0.1, 0.15) is 26.7 Å². The molecule has 0 spiro atoms. The molecule has 0 aliphatic carbocycles. The fourth-order valence-corrected chi connectivity index (χ4v) is 3.76. The Labute approximate surface area is 157 Å². The lowest BCUT2D eigenvalue weighted by Crippen LogP contribution is -3.16. The minimum Gasteiger partial charge on any atom is -0.340 e. The quantitative estimate of drug-likeness (QED) is 0.635. The molecule has 0 radical (unpaired) electrons. The first-order valence-corrected chi connectivity index (χ1v) is 9.75. The van der Waals surface area contributed by atoms with Crippen molar-refractivity contribution in [2.45, 2.75) is 38.8 Å². The minimum absolute atomic E-state index is 0.262. The van der Waals surface area contributed by atoms with Crippen molar-refractivity contribution in [3.63, 3.8) is 0 Å². The van der Waals surface area contributed by atoms with E-state index >= 15 is 0 Å². The number of nitrogens with zero attached hydrogens (tertiary/aromatic N) is 1. The van der Waals surface area contributed by atoms with Crippen molar-refractivity contribution in [3.8, 4) is 0 Å². The predicted molar refractivity (Wildman–Crippen MR) is 106 cm³/mol. The zero-order chi connectivity index (χ0) is 18.4. The summed E-state index contributed by atoms with van der Waals surface area (Å²) in [5.41, 5.74) is 0.458. The molecule has 0 unspecified atom stereocenters. The van der Waals surface area contributed by atoms with Gasteiger partial charge in [-0.05, 0) is 38.2 Å². The van der Waals surface area contributed by atoms with Crippen molar-refractivity contribution in [2.75, 3.05) is 45.6 Å². The molecule has 0 saturated carbocycles. The SMILES string of the molecule is CC(C)[NH+]1CCC(N(CC[NH+](C)C)C(=S)Nc2ccccc2F)CC1. The van der Waals surface area contributed by atoms with Gasteiger partial charge in [-0.2, -0.15) is 0 Å². The number of likely N-dealkylation sites (tertiary alicyclic amines) is 1. The van der Waals surface area contributed by atoms with Crippen LogP contribution in [0, 0.1) is 5.82 Å². The summed E-state index contributed by atoms with van der Waals surface area (Å²) in [6.45, 7) is 8.83. The van der Waals surface area contributed by atoms with E-state index < -0.39 is 0 Å². The van der Waals surface area contributed by atoms with E-state index in [1.807, 2.05) is 6.07 Å². The molecule has 140 valence electrons. The maximum Gasteiger partial charge on any atom is 0.173 e. The van der Waals surface area contributed by atoms with Crippen molar-refractivity contribution in [2.24, 2.45) is 0 Å². The van der Waals surface area contributed by atoms with Gasteiger partial charge in [-0.1, -0.05) is 12.1 Å². The number of para-hydroxylation sites is 1. The van der Waals surface area contributed by atoms with Crippen molar-refractivity contribution >= 4 is 23.0 Å². The molecule has 1 fully saturated rings. The fraction of sp³-hybridized carbons (Fsp3) is 0.632. The molecule has 1 aliphatic heterocycles. The zero-order valence-corrected chi connectivity index (χ0v) is 16.8. The number of hydrogen-bond donors (Lipinski definition) is 3. The van der Waals surface area contributed by atoms with Crippen LogP contribution in [0.25, 0.3) is 0 Å². The van der Waals surface area contributed by atoms with E-state index in [4.69, 9.17) is 12.2 Å². The standard InChI is InChI=1S/C19H31FN4S/c1-15(2)23-11-9-16(10-12-23)24(14-13-22(3)4)19(25)21-18-8-6-5-7-17(18)20/h5-8,15-16H,9-14H2,1-4H3,(H,21,25)/p+2. The van der Waals surface area contributed by atoms with Crippen LogP contribution in [0.3, 0.4) is 0 Å². The van der Waals surface area contributed by atoms with E-state index in [-0.39, 0.29) is 5.82 Å². The number of nitrogens with one attached hydrogen (secondary N) is 3. The lowest BCUT2D eigenvalue weighted by Gasteiger charge is -2.39. The van der Waals surface area contributed by atoms with E-state index in [1.165, 1.54) is 24.1 Å². The van der Waals surface area contributed by atoms with Crippen LogP contribution in [-0.2, 0) is 0 Å². The fourth-order valence-electron chi connectivity index (χ4n) is 3.41. The summed E-state index contributed by atoms with van der Waals surface area (Å²) in [5.74, 6) is -0.262. The van der Waals surface area contributed by atoms with Crippen LogP contribution in [0.4, 0.5) is 10.1 Å². The van der Waals surface area contributed by atoms with Crippen molar-refractivity contribution in [1.29, 1.82) is 0 Å². The number of anilines is 1. The predicted octanol–water partition coefficient (Wildman–Crippen LogP) is 0.425. The van der Waals surface area contributed by atoms with Crippen molar-refractivity contribution in [3.05, 3.63) is 30.1 Å². The summed E-state index contributed by atoms with van der Waals surface area (Å²) in [5, 5.41) is 3.77. The average molecular weight is 369 g/mol. The molecule has 0 bridgehead atoms. The highest BCUT2D eigenvalue weighted by Gasteiger charge is 2.30. The number of thiocarbonyl (C=S) groups is 1. The van der Waals surface area contributed by atoms with Crippen molar-refractivity contribution < 1.29 is 14.2 Å². The molecule has 1 saturated heterocycles. The number of benzene rings is 1. The van der Waals surface area contributed by atoms with Crippen LogP contribution in [0.15, 0.2) is 24.3 Å². The Morgan fingerprint density at radius 2 is 1.96 bits per heavy atom. The highest BCUT2D eigenvalue weighted by Crippen LogP contribution is 2.16. The average Bonchev–Trinajstić information content (AvgIpc) is 2.57. The molecule has 2 rings (SSSR count). The lowest BCUT2D eigenvalue weighted by molar-refractivity contribution is -0.926. The second kappa shape index (κ2) is 9.46. The number of halogens is 1. The number of piperidine rings is 1. The van der Waals surface area contributed by atoms with Gasteiger partial charge in [0, 0.05) is 18.9 Å². The number of hydrogen-bond acceptors (Lipinski definition) is 1. The molecular formula is C19H33FN4S+2. The maximum atomic E-state index is 14.0. The number of quaternary nitrogens is 2. The van der Waals surface area contributed by atoms with Gasteiger partial charge in [0.2, 0.25) is 0 Å². The van der Waals surface area contributed by atoms with Crippen molar-refractivity contribution in [1.82, 2.24) is 4.90 Å². The second-order valence-corrected chi connectivity index (χ2v) is 7.99. The normalized spacial score (nSPS) is 20.8. The summed E-state index contributed by atoms with van der Waals surface area (Å²) < 4.78 is 14.0. The molecule has 1 aromatic rings. The Bertz CT molecular complexity index is 556. The minimum atomic E-state index is -0.262. The van der Waals surface area contributed by atoms with Gasteiger partial charge in [0.1, 0.15) is 5.82 Å². The Kier molecular flexibility index (Phi) is 7.59. The molecule has 1 aliphatic rings. The van der Waals surface area contributed by atoms with Gasteiger partial charge in [-0.15, -0.1) is 0 Å². The first-order valence-electron chi connectivity index (χ1n) is 9.34. The molecule has 3 N–H and O–H groups in total. The third-order valence-corrected chi connectivity index (χ3v) is 5.42. The smallest absolute Gasteiger partial charge is 0.173 e. The summed E-state index contributed by atoms with van der Waals surface area (Å²) in [4.78, 5) is 5.35. The molecule has 25 heavy (non-hydrogen) atoms. The highest BCUT2D eigenvalue weighted by molar-refractivity contribution is 7.80. The van der Waals surface area contributed by atoms with Gasteiger partial charge < -0.3 is 20.0 Å². The lowest BCUT2D eigenvalue weighted by atomic mass is 10.0. The zero-order valence-electron chi connectivity index (χ0n) is 15.9. The monoisotopic (exact) mass is 368 g/mol. The molecule has 6 heteroatoms. The maximum absolute atomic E-state index is 14.0. The molecule has 0 aromatic heterocycles. The molecule has 0 amide bonds. The number of likely N-dealkylation sites (N-methyl/N-ethyl adjacent to an activating group) is 1. The van der Waals surface area contributed by atoms with E-state index in [0.717, 1.165) is 25.9 Å². The highest BCUT2D eigenvalue weighted by atomic mass is 32.1. The van der Waals surface area contributed by atoms with Crippen LogP contribution in [0.2, 0.25) is 0 Å². The van der Waals surface area contributed by atoms with E-state index in [9.17, 15) is 4.39 Å². The van der Waals surface area contributed by atoms with Gasteiger partial charge in [-0.3, -0.25) is 0 Å². The van der Waals surface area contributed by atoms with Crippen LogP contribution >= 0.6 is 12.2 Å². The molecule has 1 heterocycles. The largest absolute Gasteiger partial charge is 0.340 e. The Balaban J connectivity index is 2.04. The third kappa shape index (κ3) is 5.90. The van der Waals surface area contributed by atoms with E-state index in [0.29, 0.717) is 22.9 Å². The second-order valence-electron chi connectivity index (χ2n) is 7.60. The first kappa shape index (κ1) is 20.1. The summed E-state index contributed by atoms with van der Waals surface area (Å²) in [6, 6.07) is 7.83. The molecule has 1 aromatic carbocycles. The first-order chi connectivity index (χ1) is 11.9. The number of rotatable bonds is 6. The van der Waals surface area contributed by atoms with E-state index in [1.54, 1.807) is 17.0 Å². The van der Waals surface area contributed by atoms with Gasteiger partial charge >= 0.3 is 0 Å². The third-order valence-electron chi connectivity index (χ3n) is 5.08. The van der Waals surface area contributed by atoms with Gasteiger partial charge in [-0.25, -0.2) is 4.39 Å². The Hall–Kier alpha value is -1.24. The molecule has 4 nitrogen and oxygen atoms in total. The topological polar surface area (TPSA) is 24.1 Å². The summed E-state index contributed by atoms with van der Waals surface area (Å²) in [6.07, 6.45) is 2.27. The Morgan fingerprint density at radius 1 is 1.32 bits per heavy atom. The summed E-state index contributed by atoms with van der Waals surface area (Å²) in [7, 11) is 4.30. The van der Waals surface area contributed by atoms with Gasteiger partial charge in [0.05, 0.1) is 52.0 Å². The van der Waals surface area contributed by atoms with Crippen LogP contribution in [0.5, 0.6) is 0 Å². The Morgan fingerprint density at radius 3 is 2.52 bits per heavy atom. The van der Waals surface area contributed by atoms with Crippen LogP contribution < -0.4 is 15.1 Å². The van der Waals surface area contributed by atoms with E-state index in [2.05, 4.69) is 38.2 Å². The molecule has 0 atom stereocenters. The molecular weight excluding hydrogens is 335 g/mol. The van der Waals surface area contributed by atoms with Gasteiger partial charge in [0.25, 0.3) is 0 Å². The van der Waals surface area contributed by atoms with Crippen LogP contribution in [-0.4, -0.2) is 62.4 Å². The summed E-state index contributed by atoms with van der Waals surface area (Å²) >= 11 is 5.66.